The van der Waals surface area contributed by atoms with Gasteiger partial charge in [0.05, 0.1) is 14.2 Å². The third kappa shape index (κ3) is 24.2. The maximum atomic E-state index is 11.3. The Balaban J connectivity index is 4.76. The first-order valence-corrected chi connectivity index (χ1v) is 15.0. The fourth-order valence-electron chi connectivity index (χ4n) is 4.48. The Morgan fingerprint density at radius 3 is 1.11 bits per heavy atom. The van der Waals surface area contributed by atoms with Crippen molar-refractivity contribution in [1.82, 2.24) is 0 Å². The maximum absolute atomic E-state index is 11.3. The molecule has 0 rings (SSSR count). The van der Waals surface area contributed by atoms with E-state index < -0.39 is 0 Å². The Labute approximate surface area is 235 Å². The van der Waals surface area contributed by atoms with Crippen LogP contribution in [0.3, 0.4) is 0 Å². The summed E-state index contributed by atoms with van der Waals surface area (Å²) in [6.45, 7) is 8.69. The summed E-state index contributed by atoms with van der Waals surface area (Å²) in [6.07, 6.45) is 28.6. The highest BCUT2D eigenvalue weighted by Gasteiger charge is 2.03. The lowest BCUT2D eigenvalue weighted by Gasteiger charge is -2.09. The molecule has 0 saturated carbocycles. The van der Waals surface area contributed by atoms with Crippen molar-refractivity contribution in [2.24, 2.45) is 0 Å². The standard InChI is InChI=1S/C34H58O4/c1-29(2)19-17-25-31(21-11-7-9-13-27-33(35)37-5)23-15-16-24-32(26-18-20-30(3)4)22-12-8-10-14-28-34(36)38-6/h19-20,23-24H,7-18,21-22,25-28H2,1-6H3/b31-23-,32-24+. The summed E-state index contributed by atoms with van der Waals surface area (Å²) in [4.78, 5) is 22.6. The molecule has 4 heteroatoms. The highest BCUT2D eigenvalue weighted by molar-refractivity contribution is 5.69. The molecule has 0 fully saturated rings. The quantitative estimate of drug-likeness (QED) is 0.0749. The summed E-state index contributed by atoms with van der Waals surface area (Å²) in [5, 5.41) is 0. The van der Waals surface area contributed by atoms with Crippen LogP contribution in [0.4, 0.5) is 0 Å². The van der Waals surface area contributed by atoms with E-state index in [1.165, 1.54) is 51.0 Å². The molecule has 0 unspecified atom stereocenters. The Morgan fingerprint density at radius 1 is 0.447 bits per heavy atom. The first kappa shape index (κ1) is 35.9. The average Bonchev–Trinajstić information content (AvgIpc) is 2.88. The molecule has 0 bridgehead atoms. The van der Waals surface area contributed by atoms with Crippen LogP contribution >= 0.6 is 0 Å². The van der Waals surface area contributed by atoms with Crippen molar-refractivity contribution < 1.29 is 19.1 Å². The van der Waals surface area contributed by atoms with Crippen molar-refractivity contribution in [3.05, 3.63) is 46.6 Å². The summed E-state index contributed by atoms with van der Waals surface area (Å²) in [5.41, 5.74) is 5.95. The molecule has 0 aliphatic heterocycles. The minimum absolute atomic E-state index is 0.0980. The van der Waals surface area contributed by atoms with E-state index in [1.807, 2.05) is 0 Å². The fourth-order valence-corrected chi connectivity index (χ4v) is 4.48. The molecule has 0 radical (unpaired) electrons. The van der Waals surface area contributed by atoms with Crippen LogP contribution in [0.2, 0.25) is 0 Å². The van der Waals surface area contributed by atoms with Gasteiger partial charge in [-0.3, -0.25) is 9.59 Å². The number of hydrogen-bond donors (Lipinski definition) is 0. The first-order chi connectivity index (χ1) is 18.3. The molecule has 0 aromatic carbocycles. The number of ether oxygens (including phenoxy) is 2. The van der Waals surface area contributed by atoms with Gasteiger partial charge in [-0.15, -0.1) is 0 Å². The minimum atomic E-state index is -0.0980. The molecule has 0 aliphatic rings. The van der Waals surface area contributed by atoms with Gasteiger partial charge in [0.25, 0.3) is 0 Å². The largest absolute Gasteiger partial charge is 0.469 e. The third-order valence-corrected chi connectivity index (χ3v) is 6.78. The number of hydrogen-bond acceptors (Lipinski definition) is 4. The number of allylic oxidation sites excluding steroid dienone is 8. The zero-order valence-electron chi connectivity index (χ0n) is 25.7. The maximum Gasteiger partial charge on any atom is 0.305 e. The lowest BCUT2D eigenvalue weighted by molar-refractivity contribution is -0.141. The SMILES string of the molecule is COC(=O)CCCCCC/C(=C/CC/C=C(/CCC=C(C)C)CCCCCCC(=O)OC)CCC=C(C)C. The number of carbonyl (C=O) groups excluding carboxylic acids is 2. The highest BCUT2D eigenvalue weighted by atomic mass is 16.5. The molecule has 218 valence electrons. The Morgan fingerprint density at radius 2 is 0.789 bits per heavy atom. The van der Waals surface area contributed by atoms with E-state index in [0.717, 1.165) is 77.0 Å². The van der Waals surface area contributed by atoms with Gasteiger partial charge >= 0.3 is 11.9 Å². The molecule has 0 N–H and O–H groups in total. The van der Waals surface area contributed by atoms with Crippen molar-refractivity contribution in [3.63, 3.8) is 0 Å². The fraction of sp³-hybridized carbons (Fsp3) is 0.706. The van der Waals surface area contributed by atoms with Crippen molar-refractivity contribution in [3.8, 4) is 0 Å². The van der Waals surface area contributed by atoms with Crippen LogP contribution < -0.4 is 0 Å². The lowest BCUT2D eigenvalue weighted by atomic mass is 9.98. The number of unbranched alkanes of at least 4 members (excludes halogenated alkanes) is 7. The molecule has 0 heterocycles. The van der Waals surface area contributed by atoms with Crippen molar-refractivity contribution in [1.29, 1.82) is 0 Å². The van der Waals surface area contributed by atoms with Crippen molar-refractivity contribution >= 4 is 11.9 Å². The van der Waals surface area contributed by atoms with Gasteiger partial charge < -0.3 is 9.47 Å². The number of methoxy groups -OCH3 is 2. The third-order valence-electron chi connectivity index (χ3n) is 6.78. The van der Waals surface area contributed by atoms with Gasteiger partial charge in [-0.25, -0.2) is 0 Å². The lowest BCUT2D eigenvalue weighted by Crippen LogP contribution is -1.99. The summed E-state index contributed by atoms with van der Waals surface area (Å²) < 4.78 is 9.47. The average molecular weight is 531 g/mol. The van der Waals surface area contributed by atoms with E-state index in [1.54, 1.807) is 11.1 Å². The van der Waals surface area contributed by atoms with Gasteiger partial charge in [0, 0.05) is 12.8 Å². The smallest absolute Gasteiger partial charge is 0.305 e. The predicted octanol–water partition coefficient (Wildman–Crippen LogP) is 10.1. The zero-order valence-corrected chi connectivity index (χ0v) is 25.7. The monoisotopic (exact) mass is 530 g/mol. The molecule has 0 amide bonds. The summed E-state index contributed by atoms with van der Waals surface area (Å²) in [6, 6.07) is 0. The second kappa shape index (κ2) is 25.2. The van der Waals surface area contributed by atoms with E-state index in [9.17, 15) is 9.59 Å². The van der Waals surface area contributed by atoms with Gasteiger partial charge in [0.2, 0.25) is 0 Å². The summed E-state index contributed by atoms with van der Waals surface area (Å²) in [5.74, 6) is -0.196. The number of esters is 2. The van der Waals surface area contributed by atoms with Gasteiger partial charge in [-0.1, -0.05) is 72.3 Å². The van der Waals surface area contributed by atoms with Crippen LogP contribution in [-0.2, 0) is 19.1 Å². The first-order valence-electron chi connectivity index (χ1n) is 15.0. The van der Waals surface area contributed by atoms with Crippen LogP contribution in [0.15, 0.2) is 46.6 Å². The summed E-state index contributed by atoms with van der Waals surface area (Å²) in [7, 11) is 2.92. The van der Waals surface area contributed by atoms with E-state index in [2.05, 4.69) is 52.0 Å². The van der Waals surface area contributed by atoms with Gasteiger partial charge in [-0.05, 0) is 105 Å². The summed E-state index contributed by atoms with van der Waals surface area (Å²) >= 11 is 0. The molecular formula is C34H58O4. The Hall–Kier alpha value is -2.10. The Bertz CT molecular complexity index is 682. The molecule has 38 heavy (non-hydrogen) atoms. The van der Waals surface area contributed by atoms with Crippen LogP contribution in [-0.4, -0.2) is 26.2 Å². The van der Waals surface area contributed by atoms with Crippen LogP contribution in [0.5, 0.6) is 0 Å². The molecular weight excluding hydrogens is 472 g/mol. The van der Waals surface area contributed by atoms with Crippen LogP contribution in [0, 0.1) is 0 Å². The van der Waals surface area contributed by atoms with Gasteiger partial charge in [0.15, 0.2) is 0 Å². The van der Waals surface area contributed by atoms with Gasteiger partial charge in [0.1, 0.15) is 0 Å². The van der Waals surface area contributed by atoms with Crippen molar-refractivity contribution in [2.45, 2.75) is 143 Å². The highest BCUT2D eigenvalue weighted by Crippen LogP contribution is 2.21. The van der Waals surface area contributed by atoms with Crippen molar-refractivity contribution in [2.75, 3.05) is 14.2 Å². The normalized spacial score (nSPS) is 11.7. The van der Waals surface area contributed by atoms with Crippen LogP contribution in [0.25, 0.3) is 0 Å². The molecule has 4 nitrogen and oxygen atoms in total. The van der Waals surface area contributed by atoms with E-state index >= 15 is 0 Å². The zero-order chi connectivity index (χ0) is 28.4. The molecule has 0 aliphatic carbocycles. The van der Waals surface area contributed by atoms with Crippen LogP contribution in [0.1, 0.15) is 143 Å². The Kier molecular flexibility index (Phi) is 23.8. The molecule has 0 aromatic rings. The van der Waals surface area contributed by atoms with E-state index in [-0.39, 0.29) is 11.9 Å². The topological polar surface area (TPSA) is 52.6 Å². The van der Waals surface area contributed by atoms with E-state index in [0.29, 0.717) is 12.8 Å². The molecule has 0 saturated heterocycles. The number of rotatable bonds is 23. The second-order valence-electron chi connectivity index (χ2n) is 10.9. The molecule has 0 spiro atoms. The molecule has 0 aromatic heterocycles. The minimum Gasteiger partial charge on any atom is -0.469 e. The van der Waals surface area contributed by atoms with E-state index in [4.69, 9.17) is 9.47 Å². The van der Waals surface area contributed by atoms with Gasteiger partial charge in [-0.2, -0.15) is 0 Å². The molecule has 0 atom stereocenters. The second-order valence-corrected chi connectivity index (χ2v) is 10.9. The predicted molar refractivity (Wildman–Crippen MR) is 162 cm³/mol. The number of carbonyl (C=O) groups is 2.